The summed E-state index contributed by atoms with van der Waals surface area (Å²) < 4.78 is 5.14. The van der Waals surface area contributed by atoms with Gasteiger partial charge in [-0.2, -0.15) is 0 Å². The van der Waals surface area contributed by atoms with Crippen LogP contribution in [0.4, 0.5) is 0 Å². The maximum atomic E-state index is 12.4. The van der Waals surface area contributed by atoms with Crippen LogP contribution >= 0.6 is 0 Å². The molecule has 0 aliphatic carbocycles. The van der Waals surface area contributed by atoms with Crippen LogP contribution in [0.3, 0.4) is 0 Å². The first kappa shape index (κ1) is 18.4. The third kappa shape index (κ3) is 8.42. The summed E-state index contributed by atoms with van der Waals surface area (Å²) in [7, 11) is 1.70. The first-order chi connectivity index (χ1) is 10.3. The van der Waals surface area contributed by atoms with Crippen molar-refractivity contribution in [2.24, 2.45) is 0 Å². The number of nitrogens with one attached hydrogen (secondary N) is 1. The molecule has 1 aliphatic rings. The monoisotopic (exact) mass is 298 g/mol. The molecule has 1 N–H and O–H groups in total. The van der Waals surface area contributed by atoms with Crippen molar-refractivity contribution in [3.63, 3.8) is 0 Å². The Morgan fingerprint density at radius 2 is 2.00 bits per heavy atom. The van der Waals surface area contributed by atoms with Crippen molar-refractivity contribution in [3.05, 3.63) is 0 Å². The lowest BCUT2D eigenvalue weighted by Gasteiger charge is -2.25. The van der Waals surface area contributed by atoms with Crippen LogP contribution in [-0.2, 0) is 9.53 Å². The number of unbranched alkanes of at least 4 members (excludes halogenated alkanes) is 5. The molecule has 1 amide bonds. The van der Waals surface area contributed by atoms with Crippen LogP contribution in [0, 0.1) is 0 Å². The minimum absolute atomic E-state index is 0.302. The van der Waals surface area contributed by atoms with Crippen molar-refractivity contribution in [2.45, 2.75) is 70.8 Å². The summed E-state index contributed by atoms with van der Waals surface area (Å²) in [6.07, 6.45) is 10.5. The van der Waals surface area contributed by atoms with E-state index in [1.807, 2.05) is 4.90 Å². The molecule has 0 bridgehead atoms. The maximum absolute atomic E-state index is 12.4. The summed E-state index contributed by atoms with van der Waals surface area (Å²) in [6.45, 7) is 5.53. The molecule has 0 saturated carbocycles. The summed E-state index contributed by atoms with van der Waals surface area (Å²) in [5.41, 5.74) is 0. The lowest BCUT2D eigenvalue weighted by molar-refractivity contribution is -0.132. The van der Waals surface area contributed by atoms with Crippen LogP contribution in [0.25, 0.3) is 0 Å². The van der Waals surface area contributed by atoms with Gasteiger partial charge in [-0.25, -0.2) is 0 Å². The molecular weight excluding hydrogens is 264 g/mol. The third-order valence-electron chi connectivity index (χ3n) is 4.27. The van der Waals surface area contributed by atoms with Gasteiger partial charge in [0.15, 0.2) is 0 Å². The Balaban J connectivity index is 2.22. The Kier molecular flexibility index (Phi) is 10.5. The molecule has 1 fully saturated rings. The van der Waals surface area contributed by atoms with E-state index in [0.717, 1.165) is 26.1 Å². The van der Waals surface area contributed by atoms with Crippen molar-refractivity contribution in [1.29, 1.82) is 0 Å². The maximum Gasteiger partial charge on any atom is 0.222 e. The second-order valence-electron chi connectivity index (χ2n) is 6.14. The predicted octanol–water partition coefficient (Wildman–Crippen LogP) is 2.96. The largest absolute Gasteiger partial charge is 0.383 e. The van der Waals surface area contributed by atoms with Gasteiger partial charge in [0, 0.05) is 32.7 Å². The van der Waals surface area contributed by atoms with E-state index in [4.69, 9.17) is 4.74 Å². The van der Waals surface area contributed by atoms with Gasteiger partial charge in [-0.3, -0.25) is 4.79 Å². The highest BCUT2D eigenvalue weighted by Gasteiger charge is 2.20. The lowest BCUT2D eigenvalue weighted by Crippen LogP contribution is -2.42. The number of hydrogen-bond acceptors (Lipinski definition) is 3. The summed E-state index contributed by atoms with van der Waals surface area (Å²) in [5, 5.41) is 3.47. The Labute approximate surface area is 130 Å². The fourth-order valence-corrected chi connectivity index (χ4v) is 2.91. The Bertz CT molecular complexity index is 266. The molecule has 1 atom stereocenters. The molecular formula is C17H34N2O2. The molecule has 1 heterocycles. The fourth-order valence-electron chi connectivity index (χ4n) is 2.91. The summed E-state index contributed by atoms with van der Waals surface area (Å²) in [6, 6.07) is 0.482. The van der Waals surface area contributed by atoms with E-state index in [0.29, 0.717) is 25.0 Å². The van der Waals surface area contributed by atoms with E-state index < -0.39 is 0 Å². The fraction of sp³-hybridized carbons (Fsp3) is 0.941. The molecule has 0 radical (unpaired) electrons. The Hall–Kier alpha value is -0.610. The molecule has 124 valence electrons. The molecule has 1 aliphatic heterocycles. The average molecular weight is 298 g/mol. The van der Waals surface area contributed by atoms with Gasteiger partial charge in [0.1, 0.15) is 0 Å². The van der Waals surface area contributed by atoms with E-state index in [9.17, 15) is 4.79 Å². The minimum atomic E-state index is 0.302. The Morgan fingerprint density at radius 1 is 1.24 bits per heavy atom. The number of hydrogen-bond donors (Lipinski definition) is 1. The number of carbonyl (C=O) groups excluding carboxylic acids is 1. The van der Waals surface area contributed by atoms with Gasteiger partial charge in [0.05, 0.1) is 6.61 Å². The van der Waals surface area contributed by atoms with Gasteiger partial charge >= 0.3 is 0 Å². The van der Waals surface area contributed by atoms with Crippen molar-refractivity contribution in [3.8, 4) is 0 Å². The van der Waals surface area contributed by atoms with Crippen LogP contribution in [0.2, 0.25) is 0 Å². The smallest absolute Gasteiger partial charge is 0.222 e. The molecule has 0 aromatic carbocycles. The topological polar surface area (TPSA) is 41.6 Å². The zero-order chi connectivity index (χ0) is 15.3. The molecule has 0 spiro atoms. The second-order valence-corrected chi connectivity index (χ2v) is 6.14. The minimum Gasteiger partial charge on any atom is -0.383 e. The first-order valence-electron chi connectivity index (χ1n) is 8.78. The van der Waals surface area contributed by atoms with Crippen molar-refractivity contribution in [2.75, 3.05) is 33.4 Å². The van der Waals surface area contributed by atoms with Crippen LogP contribution < -0.4 is 5.32 Å². The van der Waals surface area contributed by atoms with Gasteiger partial charge in [-0.15, -0.1) is 0 Å². The van der Waals surface area contributed by atoms with E-state index in [2.05, 4.69) is 12.2 Å². The molecule has 4 nitrogen and oxygen atoms in total. The number of rotatable bonds is 12. The normalized spacial score (nSPS) is 18.1. The van der Waals surface area contributed by atoms with Crippen molar-refractivity contribution in [1.82, 2.24) is 10.2 Å². The molecule has 1 unspecified atom stereocenters. The molecule has 21 heavy (non-hydrogen) atoms. The highest BCUT2D eigenvalue weighted by Crippen LogP contribution is 2.11. The van der Waals surface area contributed by atoms with Gasteiger partial charge < -0.3 is 15.0 Å². The second kappa shape index (κ2) is 12.0. The quantitative estimate of drug-likeness (QED) is 0.563. The standard InChI is InChI=1S/C17H34N2O2/c1-3-4-5-6-7-8-11-17(20)19(13-14-21-2)15-16-10-9-12-18-16/h16,18H,3-15H2,1-2H3. The van der Waals surface area contributed by atoms with Gasteiger partial charge in [0.2, 0.25) is 5.91 Å². The van der Waals surface area contributed by atoms with Crippen LogP contribution in [0.1, 0.15) is 64.7 Å². The van der Waals surface area contributed by atoms with Crippen LogP contribution in [0.5, 0.6) is 0 Å². The average Bonchev–Trinajstić information content (AvgIpc) is 2.99. The predicted molar refractivity (Wildman–Crippen MR) is 87.5 cm³/mol. The summed E-state index contributed by atoms with van der Waals surface area (Å²) >= 11 is 0. The molecule has 0 aromatic heterocycles. The van der Waals surface area contributed by atoms with Gasteiger partial charge in [-0.05, 0) is 25.8 Å². The lowest BCUT2D eigenvalue weighted by atomic mass is 10.1. The third-order valence-corrected chi connectivity index (χ3v) is 4.27. The number of amides is 1. The molecule has 1 saturated heterocycles. The first-order valence-corrected chi connectivity index (χ1v) is 8.78. The SMILES string of the molecule is CCCCCCCCC(=O)N(CCOC)CC1CCCN1. The molecule has 4 heteroatoms. The highest BCUT2D eigenvalue weighted by molar-refractivity contribution is 5.76. The van der Waals surface area contributed by atoms with Gasteiger partial charge in [-0.1, -0.05) is 39.0 Å². The highest BCUT2D eigenvalue weighted by atomic mass is 16.5. The number of methoxy groups -OCH3 is 1. The number of carbonyl (C=O) groups is 1. The van der Waals surface area contributed by atoms with E-state index >= 15 is 0 Å². The van der Waals surface area contributed by atoms with Crippen molar-refractivity contribution >= 4 is 5.91 Å². The van der Waals surface area contributed by atoms with E-state index in [1.165, 1.54) is 44.9 Å². The van der Waals surface area contributed by atoms with Gasteiger partial charge in [0.25, 0.3) is 0 Å². The Morgan fingerprint density at radius 3 is 2.67 bits per heavy atom. The number of nitrogens with zero attached hydrogens (tertiary/aromatic N) is 1. The summed E-state index contributed by atoms with van der Waals surface area (Å²) in [4.78, 5) is 14.4. The molecule has 0 aromatic rings. The zero-order valence-corrected chi connectivity index (χ0v) is 14.0. The molecule has 1 rings (SSSR count). The van der Waals surface area contributed by atoms with E-state index in [-0.39, 0.29) is 0 Å². The summed E-state index contributed by atoms with van der Waals surface area (Å²) in [5.74, 6) is 0.302. The van der Waals surface area contributed by atoms with Crippen molar-refractivity contribution < 1.29 is 9.53 Å². The number of ether oxygens (including phenoxy) is 1. The van der Waals surface area contributed by atoms with E-state index in [1.54, 1.807) is 7.11 Å². The van der Waals surface area contributed by atoms with Crippen LogP contribution in [0.15, 0.2) is 0 Å². The van der Waals surface area contributed by atoms with Crippen LogP contribution in [-0.4, -0.2) is 50.2 Å². The zero-order valence-electron chi connectivity index (χ0n) is 14.0.